The second-order valence-corrected chi connectivity index (χ2v) is 6.18. The Morgan fingerprint density at radius 1 is 1.09 bits per heavy atom. The minimum Gasteiger partial charge on any atom is -0.492 e. The number of halogens is 1. The van der Waals surface area contributed by atoms with Crippen LogP contribution in [0.4, 0.5) is 0 Å². The van der Waals surface area contributed by atoms with Crippen LogP contribution in [-0.2, 0) is 11.2 Å². The highest BCUT2D eigenvalue weighted by Gasteiger charge is 2.35. The summed E-state index contributed by atoms with van der Waals surface area (Å²) in [5.74, 6) is -0.447. The maximum atomic E-state index is 12.2. The van der Waals surface area contributed by atoms with Gasteiger partial charge in [-0.3, -0.25) is 0 Å². The molecule has 5 heteroatoms. The molecule has 4 nitrogen and oxygen atoms in total. The number of benzene rings is 2. The predicted molar refractivity (Wildman–Crippen MR) is 87.2 cm³/mol. The van der Waals surface area contributed by atoms with Crippen molar-refractivity contribution in [3.8, 4) is 11.5 Å². The summed E-state index contributed by atoms with van der Waals surface area (Å²) in [5, 5.41) is 0.703. The molecule has 0 saturated carbocycles. The first kappa shape index (κ1) is 15.7. The van der Waals surface area contributed by atoms with Crippen LogP contribution in [0.25, 0.3) is 0 Å². The molecule has 0 spiro atoms. The molecule has 0 N–H and O–H groups in total. The van der Waals surface area contributed by atoms with Crippen LogP contribution in [0.5, 0.6) is 11.5 Å². The van der Waals surface area contributed by atoms with Gasteiger partial charge in [-0.15, -0.1) is 0 Å². The molecule has 1 heterocycles. The highest BCUT2D eigenvalue weighted by atomic mass is 35.5. The minimum absolute atomic E-state index is 0.336. The average molecular weight is 333 g/mol. The van der Waals surface area contributed by atoms with Crippen molar-refractivity contribution in [2.24, 2.45) is 0 Å². The van der Waals surface area contributed by atoms with Crippen LogP contribution >= 0.6 is 11.6 Å². The lowest BCUT2D eigenvalue weighted by atomic mass is 10.1. The molecule has 0 saturated heterocycles. The lowest BCUT2D eigenvalue weighted by Crippen LogP contribution is -2.39. The Morgan fingerprint density at radius 2 is 1.83 bits per heavy atom. The largest absolute Gasteiger partial charge is 0.492 e. The van der Waals surface area contributed by atoms with Gasteiger partial charge in [0.25, 0.3) is 0 Å². The smallest absolute Gasteiger partial charge is 0.349 e. The van der Waals surface area contributed by atoms with Gasteiger partial charge in [0.15, 0.2) is 0 Å². The Kier molecular flexibility index (Phi) is 4.18. The first-order valence-electron chi connectivity index (χ1n) is 7.37. The van der Waals surface area contributed by atoms with E-state index in [4.69, 9.17) is 25.8 Å². The molecule has 0 atom stereocenters. The third-order valence-electron chi connectivity index (χ3n) is 3.45. The standard InChI is InChI=1S/C18H17ClO4/c1-18(2)22-15-5-3-4-14(16(15)17(20)23-18)21-11-10-12-6-8-13(19)9-7-12/h3-9H,10-11H2,1-2H3. The summed E-state index contributed by atoms with van der Waals surface area (Å²) >= 11 is 5.86. The molecule has 2 aromatic carbocycles. The van der Waals surface area contributed by atoms with Crippen LogP contribution in [0.15, 0.2) is 42.5 Å². The van der Waals surface area contributed by atoms with Crippen molar-refractivity contribution >= 4 is 17.6 Å². The average Bonchev–Trinajstić information content (AvgIpc) is 2.47. The monoisotopic (exact) mass is 332 g/mol. The Balaban J connectivity index is 1.72. The van der Waals surface area contributed by atoms with E-state index in [1.54, 1.807) is 32.0 Å². The summed E-state index contributed by atoms with van der Waals surface area (Å²) in [5.41, 5.74) is 1.45. The van der Waals surface area contributed by atoms with Crippen molar-refractivity contribution in [1.29, 1.82) is 0 Å². The van der Waals surface area contributed by atoms with Gasteiger partial charge in [-0.05, 0) is 29.8 Å². The number of fused-ring (bicyclic) bond motifs is 1. The van der Waals surface area contributed by atoms with Gasteiger partial charge in [0, 0.05) is 25.3 Å². The first-order chi connectivity index (χ1) is 10.9. The van der Waals surface area contributed by atoms with Crippen LogP contribution in [0.2, 0.25) is 5.02 Å². The van der Waals surface area contributed by atoms with Crippen LogP contribution in [-0.4, -0.2) is 18.4 Å². The number of carbonyl (C=O) groups excluding carboxylic acids is 1. The topological polar surface area (TPSA) is 44.8 Å². The lowest BCUT2D eigenvalue weighted by molar-refractivity contribution is -0.127. The number of carbonyl (C=O) groups is 1. The van der Waals surface area contributed by atoms with Crippen LogP contribution in [0.1, 0.15) is 29.8 Å². The second kappa shape index (κ2) is 6.13. The van der Waals surface area contributed by atoms with E-state index in [0.29, 0.717) is 35.1 Å². The van der Waals surface area contributed by atoms with E-state index < -0.39 is 11.8 Å². The fourth-order valence-electron chi connectivity index (χ4n) is 2.41. The summed E-state index contributed by atoms with van der Waals surface area (Å²) in [6.45, 7) is 3.83. The molecule has 0 bridgehead atoms. The summed E-state index contributed by atoms with van der Waals surface area (Å²) in [7, 11) is 0. The van der Waals surface area contributed by atoms with E-state index >= 15 is 0 Å². The van der Waals surface area contributed by atoms with Crippen molar-refractivity contribution in [3.05, 3.63) is 58.6 Å². The van der Waals surface area contributed by atoms with Crippen molar-refractivity contribution in [2.45, 2.75) is 26.1 Å². The Hall–Kier alpha value is -2.20. The van der Waals surface area contributed by atoms with Gasteiger partial charge in [0.2, 0.25) is 5.79 Å². The van der Waals surface area contributed by atoms with Crippen LogP contribution in [0.3, 0.4) is 0 Å². The van der Waals surface area contributed by atoms with E-state index in [-0.39, 0.29) is 0 Å². The molecule has 0 aliphatic carbocycles. The first-order valence-corrected chi connectivity index (χ1v) is 7.75. The zero-order chi connectivity index (χ0) is 16.4. The fraction of sp³-hybridized carbons (Fsp3) is 0.278. The Labute approximate surface area is 139 Å². The molecule has 0 unspecified atom stereocenters. The van der Waals surface area contributed by atoms with E-state index in [1.807, 2.05) is 24.3 Å². The SMILES string of the molecule is CC1(C)OC(=O)c2c(OCCc3ccc(Cl)cc3)cccc2O1. The molecule has 120 valence electrons. The third kappa shape index (κ3) is 3.59. The molecule has 2 aromatic rings. The molecule has 0 radical (unpaired) electrons. The van der Waals surface area contributed by atoms with Crippen molar-refractivity contribution in [2.75, 3.05) is 6.61 Å². The van der Waals surface area contributed by atoms with E-state index in [1.165, 1.54) is 0 Å². The van der Waals surface area contributed by atoms with Gasteiger partial charge < -0.3 is 14.2 Å². The van der Waals surface area contributed by atoms with Crippen LogP contribution in [0, 0.1) is 0 Å². The normalized spacial score (nSPS) is 15.3. The van der Waals surface area contributed by atoms with Gasteiger partial charge in [0.1, 0.15) is 17.1 Å². The van der Waals surface area contributed by atoms with E-state index in [2.05, 4.69) is 0 Å². The zero-order valence-corrected chi connectivity index (χ0v) is 13.7. The number of hydrogen-bond acceptors (Lipinski definition) is 4. The quantitative estimate of drug-likeness (QED) is 0.785. The second-order valence-electron chi connectivity index (χ2n) is 5.75. The molecule has 1 aliphatic rings. The summed E-state index contributed by atoms with van der Waals surface area (Å²) in [4.78, 5) is 12.2. The number of cyclic esters (lactones) is 1. The van der Waals surface area contributed by atoms with Crippen molar-refractivity contribution in [3.63, 3.8) is 0 Å². The maximum absolute atomic E-state index is 12.2. The van der Waals surface area contributed by atoms with E-state index in [0.717, 1.165) is 5.56 Å². The highest BCUT2D eigenvalue weighted by Crippen LogP contribution is 2.36. The highest BCUT2D eigenvalue weighted by molar-refractivity contribution is 6.30. The zero-order valence-electron chi connectivity index (χ0n) is 13.0. The van der Waals surface area contributed by atoms with Crippen LogP contribution < -0.4 is 9.47 Å². The number of rotatable bonds is 4. The summed E-state index contributed by atoms with van der Waals surface area (Å²) < 4.78 is 16.7. The Morgan fingerprint density at radius 3 is 2.57 bits per heavy atom. The van der Waals surface area contributed by atoms with Gasteiger partial charge in [-0.25, -0.2) is 4.79 Å². The number of hydrogen-bond donors (Lipinski definition) is 0. The molecule has 0 fully saturated rings. The van der Waals surface area contributed by atoms with E-state index in [9.17, 15) is 4.79 Å². The summed E-state index contributed by atoms with van der Waals surface area (Å²) in [6.07, 6.45) is 0.711. The van der Waals surface area contributed by atoms with Crippen molar-refractivity contribution < 1.29 is 19.0 Å². The molecule has 3 rings (SSSR count). The van der Waals surface area contributed by atoms with Gasteiger partial charge >= 0.3 is 5.97 Å². The summed E-state index contributed by atoms with van der Waals surface area (Å²) in [6, 6.07) is 12.9. The minimum atomic E-state index is -0.966. The molecular weight excluding hydrogens is 316 g/mol. The molecule has 0 aromatic heterocycles. The lowest BCUT2D eigenvalue weighted by Gasteiger charge is -2.32. The fourth-order valence-corrected chi connectivity index (χ4v) is 2.53. The third-order valence-corrected chi connectivity index (χ3v) is 3.70. The van der Waals surface area contributed by atoms with Crippen molar-refractivity contribution in [1.82, 2.24) is 0 Å². The van der Waals surface area contributed by atoms with Gasteiger partial charge in [0.05, 0.1) is 6.61 Å². The molecule has 23 heavy (non-hydrogen) atoms. The Bertz CT molecular complexity index is 722. The van der Waals surface area contributed by atoms with Gasteiger partial charge in [-0.1, -0.05) is 29.8 Å². The predicted octanol–water partition coefficient (Wildman–Crippen LogP) is 4.25. The van der Waals surface area contributed by atoms with Gasteiger partial charge in [-0.2, -0.15) is 0 Å². The molecule has 0 amide bonds. The number of ether oxygens (including phenoxy) is 3. The maximum Gasteiger partial charge on any atom is 0.349 e. The molecule has 1 aliphatic heterocycles. The number of esters is 1. The molecular formula is C18H17ClO4.